The van der Waals surface area contributed by atoms with Crippen molar-refractivity contribution < 1.29 is 4.39 Å². The molecule has 1 aliphatic carbocycles. The Morgan fingerprint density at radius 1 is 1.50 bits per heavy atom. The Bertz CT molecular complexity index is 89.3. The van der Waals surface area contributed by atoms with Gasteiger partial charge in [-0.2, -0.15) is 0 Å². The van der Waals surface area contributed by atoms with Gasteiger partial charge in [-0.05, 0) is 19.8 Å². The molecule has 0 aromatic heterocycles. The Hall–Kier alpha value is -0.110. The molecule has 0 spiro atoms. The van der Waals surface area contributed by atoms with Gasteiger partial charge < -0.3 is 5.32 Å². The summed E-state index contributed by atoms with van der Waals surface area (Å²) in [5, 5.41) is 3.25. The van der Waals surface area contributed by atoms with Crippen LogP contribution in [0.2, 0.25) is 0 Å². The number of hydrogen-bond donors (Lipinski definition) is 1. The zero-order chi connectivity index (χ0) is 7.40. The first kappa shape index (κ1) is 7.99. The summed E-state index contributed by atoms with van der Waals surface area (Å²) in [5.74, 6) is 0. The molecule has 1 aliphatic rings. The molecule has 0 amide bonds. The third-order valence-electron chi connectivity index (χ3n) is 2.11. The molecule has 0 aromatic carbocycles. The Balaban J connectivity index is 2.11. The summed E-state index contributed by atoms with van der Waals surface area (Å²) in [6.07, 6.45) is 5.11. The van der Waals surface area contributed by atoms with Crippen molar-refractivity contribution in [1.82, 2.24) is 5.32 Å². The van der Waals surface area contributed by atoms with Crippen LogP contribution in [0.15, 0.2) is 0 Å². The van der Waals surface area contributed by atoms with Gasteiger partial charge in [-0.1, -0.05) is 12.8 Å². The van der Waals surface area contributed by atoms with Crippen LogP contribution in [0, 0.1) is 0 Å². The number of rotatable bonds is 3. The second-order valence-electron chi connectivity index (χ2n) is 3.20. The standard InChI is InChI=1S/C8H16FN/c1-7(6-9)10-8-4-2-3-5-8/h7-8,10H,2-6H2,1H3/t7-/m0/s1. The number of hydrogen-bond acceptors (Lipinski definition) is 1. The molecule has 1 saturated carbocycles. The lowest BCUT2D eigenvalue weighted by Gasteiger charge is -2.15. The van der Waals surface area contributed by atoms with Crippen molar-refractivity contribution in [2.24, 2.45) is 0 Å². The van der Waals surface area contributed by atoms with E-state index in [2.05, 4.69) is 5.32 Å². The predicted octanol–water partition coefficient (Wildman–Crippen LogP) is 1.88. The number of alkyl halides is 1. The minimum atomic E-state index is -0.240. The molecule has 1 atom stereocenters. The highest BCUT2D eigenvalue weighted by atomic mass is 19.1. The molecule has 0 aromatic rings. The van der Waals surface area contributed by atoms with E-state index in [4.69, 9.17) is 0 Å². The van der Waals surface area contributed by atoms with Crippen LogP contribution < -0.4 is 5.32 Å². The summed E-state index contributed by atoms with van der Waals surface area (Å²) in [6, 6.07) is 0.661. The first-order valence-electron chi connectivity index (χ1n) is 4.15. The summed E-state index contributed by atoms with van der Waals surface area (Å²) in [5.41, 5.74) is 0. The predicted molar refractivity (Wildman–Crippen MR) is 40.8 cm³/mol. The van der Waals surface area contributed by atoms with Gasteiger partial charge in [0.05, 0.1) is 0 Å². The van der Waals surface area contributed by atoms with Crippen LogP contribution in [-0.2, 0) is 0 Å². The smallest absolute Gasteiger partial charge is 0.104 e. The summed E-state index contributed by atoms with van der Waals surface area (Å²) < 4.78 is 12.0. The van der Waals surface area contributed by atoms with Crippen LogP contribution in [0.25, 0.3) is 0 Å². The van der Waals surface area contributed by atoms with Gasteiger partial charge in [0.25, 0.3) is 0 Å². The molecular weight excluding hydrogens is 129 g/mol. The van der Waals surface area contributed by atoms with Crippen molar-refractivity contribution in [3.05, 3.63) is 0 Å². The van der Waals surface area contributed by atoms with E-state index in [1.807, 2.05) is 6.92 Å². The molecule has 60 valence electrons. The van der Waals surface area contributed by atoms with Gasteiger partial charge in [0.1, 0.15) is 6.67 Å². The molecule has 1 N–H and O–H groups in total. The van der Waals surface area contributed by atoms with E-state index in [-0.39, 0.29) is 12.7 Å². The van der Waals surface area contributed by atoms with E-state index in [0.717, 1.165) is 0 Å². The number of nitrogens with one attached hydrogen (secondary N) is 1. The molecular formula is C8H16FN. The highest BCUT2D eigenvalue weighted by molar-refractivity contribution is 4.76. The normalized spacial score (nSPS) is 23.4. The van der Waals surface area contributed by atoms with E-state index in [1.54, 1.807) is 0 Å². The van der Waals surface area contributed by atoms with Crippen molar-refractivity contribution >= 4 is 0 Å². The largest absolute Gasteiger partial charge is 0.309 e. The molecule has 1 nitrogen and oxygen atoms in total. The topological polar surface area (TPSA) is 12.0 Å². The van der Waals surface area contributed by atoms with Gasteiger partial charge in [-0.15, -0.1) is 0 Å². The van der Waals surface area contributed by atoms with E-state index in [1.165, 1.54) is 25.7 Å². The van der Waals surface area contributed by atoms with E-state index < -0.39 is 0 Å². The average molecular weight is 145 g/mol. The van der Waals surface area contributed by atoms with Crippen molar-refractivity contribution in [3.63, 3.8) is 0 Å². The lowest BCUT2D eigenvalue weighted by molar-refractivity contribution is 0.358. The van der Waals surface area contributed by atoms with E-state index in [0.29, 0.717) is 6.04 Å². The minimum absolute atomic E-state index is 0.0584. The molecule has 1 fully saturated rings. The molecule has 0 radical (unpaired) electrons. The number of halogens is 1. The fraction of sp³-hybridized carbons (Fsp3) is 1.00. The third-order valence-corrected chi connectivity index (χ3v) is 2.11. The monoisotopic (exact) mass is 145 g/mol. The zero-order valence-corrected chi connectivity index (χ0v) is 6.57. The van der Waals surface area contributed by atoms with Crippen molar-refractivity contribution in [2.45, 2.75) is 44.7 Å². The van der Waals surface area contributed by atoms with Crippen LogP contribution in [0.5, 0.6) is 0 Å². The Kier molecular flexibility index (Phi) is 3.13. The Morgan fingerprint density at radius 2 is 2.10 bits per heavy atom. The summed E-state index contributed by atoms with van der Waals surface area (Å²) in [4.78, 5) is 0. The van der Waals surface area contributed by atoms with E-state index in [9.17, 15) is 4.39 Å². The van der Waals surface area contributed by atoms with Gasteiger partial charge in [0, 0.05) is 12.1 Å². The SMILES string of the molecule is C[C@@H](CF)NC1CCCC1. The summed E-state index contributed by atoms with van der Waals surface area (Å²) in [7, 11) is 0. The average Bonchev–Trinajstić information content (AvgIpc) is 2.40. The molecule has 0 saturated heterocycles. The molecule has 1 rings (SSSR count). The molecule has 2 heteroatoms. The Labute approximate surface area is 62.0 Å². The summed E-state index contributed by atoms with van der Waals surface area (Å²) >= 11 is 0. The van der Waals surface area contributed by atoms with Gasteiger partial charge in [-0.3, -0.25) is 0 Å². The maximum atomic E-state index is 12.0. The fourth-order valence-corrected chi connectivity index (χ4v) is 1.54. The summed E-state index contributed by atoms with van der Waals surface area (Å²) in [6.45, 7) is 1.66. The van der Waals surface area contributed by atoms with Crippen LogP contribution in [0.4, 0.5) is 4.39 Å². The minimum Gasteiger partial charge on any atom is -0.309 e. The van der Waals surface area contributed by atoms with Crippen LogP contribution in [0.1, 0.15) is 32.6 Å². The molecule has 10 heavy (non-hydrogen) atoms. The lowest BCUT2D eigenvalue weighted by atomic mass is 10.2. The van der Waals surface area contributed by atoms with E-state index >= 15 is 0 Å². The van der Waals surface area contributed by atoms with Gasteiger partial charge in [0.15, 0.2) is 0 Å². The second kappa shape index (κ2) is 3.91. The van der Waals surface area contributed by atoms with Crippen molar-refractivity contribution in [1.29, 1.82) is 0 Å². The molecule has 0 aliphatic heterocycles. The fourth-order valence-electron chi connectivity index (χ4n) is 1.54. The highest BCUT2D eigenvalue weighted by Gasteiger charge is 2.15. The zero-order valence-electron chi connectivity index (χ0n) is 6.57. The highest BCUT2D eigenvalue weighted by Crippen LogP contribution is 2.17. The molecule has 0 unspecified atom stereocenters. The third kappa shape index (κ3) is 2.25. The van der Waals surface area contributed by atoms with Gasteiger partial charge in [0.2, 0.25) is 0 Å². The van der Waals surface area contributed by atoms with Crippen LogP contribution in [-0.4, -0.2) is 18.8 Å². The van der Waals surface area contributed by atoms with Crippen molar-refractivity contribution in [2.75, 3.05) is 6.67 Å². The van der Waals surface area contributed by atoms with Crippen LogP contribution >= 0.6 is 0 Å². The van der Waals surface area contributed by atoms with Gasteiger partial charge >= 0.3 is 0 Å². The molecule has 0 heterocycles. The Morgan fingerprint density at radius 3 is 2.60 bits per heavy atom. The van der Waals surface area contributed by atoms with Crippen LogP contribution in [0.3, 0.4) is 0 Å². The van der Waals surface area contributed by atoms with Crippen molar-refractivity contribution in [3.8, 4) is 0 Å². The lowest BCUT2D eigenvalue weighted by Crippen LogP contribution is -2.35. The second-order valence-corrected chi connectivity index (χ2v) is 3.20. The maximum Gasteiger partial charge on any atom is 0.104 e. The molecule has 0 bridgehead atoms. The first-order valence-corrected chi connectivity index (χ1v) is 4.15. The first-order chi connectivity index (χ1) is 4.83. The van der Waals surface area contributed by atoms with Gasteiger partial charge in [-0.25, -0.2) is 4.39 Å². The maximum absolute atomic E-state index is 12.0. The quantitative estimate of drug-likeness (QED) is 0.639.